The maximum Gasteiger partial charge on any atom is 0.285 e. The SMILES string of the molecule is CNCC(F)(F)c1ccc(OC)c(Br)c1. The van der Waals surface area contributed by atoms with Crippen LogP contribution < -0.4 is 10.1 Å². The van der Waals surface area contributed by atoms with Crippen LogP contribution in [0.4, 0.5) is 8.78 Å². The van der Waals surface area contributed by atoms with Gasteiger partial charge in [0.05, 0.1) is 18.1 Å². The van der Waals surface area contributed by atoms with E-state index in [4.69, 9.17) is 4.74 Å². The van der Waals surface area contributed by atoms with E-state index in [1.807, 2.05) is 0 Å². The van der Waals surface area contributed by atoms with Gasteiger partial charge in [0.2, 0.25) is 0 Å². The lowest BCUT2D eigenvalue weighted by Crippen LogP contribution is -2.28. The fourth-order valence-electron chi connectivity index (χ4n) is 1.22. The van der Waals surface area contributed by atoms with Crippen LogP contribution in [0.2, 0.25) is 0 Å². The summed E-state index contributed by atoms with van der Waals surface area (Å²) in [5.74, 6) is -2.33. The van der Waals surface area contributed by atoms with Crippen LogP contribution in [0, 0.1) is 0 Å². The third-order valence-electron chi connectivity index (χ3n) is 1.97. The molecule has 0 aliphatic heterocycles. The minimum absolute atomic E-state index is 0.0375. The van der Waals surface area contributed by atoms with Gasteiger partial charge in [0.1, 0.15) is 5.75 Å². The van der Waals surface area contributed by atoms with E-state index in [1.54, 1.807) is 0 Å². The second-order valence-corrected chi connectivity index (χ2v) is 3.94. The molecule has 0 unspecified atom stereocenters. The molecule has 0 saturated carbocycles. The number of ether oxygens (including phenoxy) is 1. The van der Waals surface area contributed by atoms with Crippen molar-refractivity contribution in [3.8, 4) is 5.75 Å². The van der Waals surface area contributed by atoms with Gasteiger partial charge in [-0.3, -0.25) is 0 Å². The Morgan fingerprint density at radius 1 is 1.47 bits per heavy atom. The molecule has 0 bridgehead atoms. The fraction of sp³-hybridized carbons (Fsp3) is 0.400. The van der Waals surface area contributed by atoms with E-state index in [2.05, 4.69) is 21.2 Å². The van der Waals surface area contributed by atoms with Crippen molar-refractivity contribution in [2.24, 2.45) is 0 Å². The van der Waals surface area contributed by atoms with Crippen LogP contribution in [0.25, 0.3) is 0 Å². The van der Waals surface area contributed by atoms with Crippen LogP contribution >= 0.6 is 15.9 Å². The second kappa shape index (κ2) is 4.90. The monoisotopic (exact) mass is 279 g/mol. The Hall–Kier alpha value is -0.680. The van der Waals surface area contributed by atoms with Gasteiger partial charge in [-0.05, 0) is 41.2 Å². The third kappa shape index (κ3) is 2.89. The summed E-state index contributed by atoms with van der Waals surface area (Å²) in [6.45, 7) is -0.383. The molecule has 0 atom stereocenters. The van der Waals surface area contributed by atoms with Crippen molar-refractivity contribution >= 4 is 15.9 Å². The predicted molar refractivity (Wildman–Crippen MR) is 58.5 cm³/mol. The van der Waals surface area contributed by atoms with Crippen molar-refractivity contribution in [1.29, 1.82) is 0 Å². The van der Waals surface area contributed by atoms with E-state index < -0.39 is 5.92 Å². The van der Waals surface area contributed by atoms with Gasteiger partial charge in [0.15, 0.2) is 0 Å². The van der Waals surface area contributed by atoms with E-state index in [9.17, 15) is 8.78 Å². The third-order valence-corrected chi connectivity index (χ3v) is 2.59. The van der Waals surface area contributed by atoms with Crippen LogP contribution in [0.5, 0.6) is 5.75 Å². The average molecular weight is 280 g/mol. The highest BCUT2D eigenvalue weighted by Crippen LogP contribution is 2.33. The van der Waals surface area contributed by atoms with Crippen molar-refractivity contribution < 1.29 is 13.5 Å². The lowest BCUT2D eigenvalue weighted by atomic mass is 10.1. The molecule has 0 aliphatic rings. The number of benzene rings is 1. The van der Waals surface area contributed by atoms with E-state index in [0.29, 0.717) is 10.2 Å². The van der Waals surface area contributed by atoms with Crippen LogP contribution in [0.1, 0.15) is 5.56 Å². The molecule has 0 fully saturated rings. The minimum atomic E-state index is -2.87. The summed E-state index contributed by atoms with van der Waals surface area (Å²) in [6, 6.07) is 4.25. The zero-order valence-corrected chi connectivity index (χ0v) is 10.1. The van der Waals surface area contributed by atoms with E-state index in [0.717, 1.165) is 0 Å². The van der Waals surface area contributed by atoms with Crippen molar-refractivity contribution in [2.45, 2.75) is 5.92 Å². The van der Waals surface area contributed by atoms with E-state index >= 15 is 0 Å². The van der Waals surface area contributed by atoms with Crippen LogP contribution in [0.15, 0.2) is 22.7 Å². The molecule has 0 amide bonds. The number of likely N-dealkylation sites (N-methyl/N-ethyl adjacent to an activating group) is 1. The lowest BCUT2D eigenvalue weighted by Gasteiger charge is -2.17. The van der Waals surface area contributed by atoms with Crippen LogP contribution in [0.3, 0.4) is 0 Å². The van der Waals surface area contributed by atoms with Crippen molar-refractivity contribution in [3.63, 3.8) is 0 Å². The fourth-order valence-corrected chi connectivity index (χ4v) is 1.76. The van der Waals surface area contributed by atoms with Gasteiger partial charge in [-0.25, -0.2) is 0 Å². The summed E-state index contributed by atoms with van der Waals surface area (Å²) in [7, 11) is 2.98. The molecule has 0 radical (unpaired) electrons. The van der Waals surface area contributed by atoms with Crippen LogP contribution in [-0.4, -0.2) is 20.7 Å². The maximum absolute atomic E-state index is 13.4. The first-order chi connectivity index (χ1) is 7.01. The standard InChI is InChI=1S/C10H12BrF2NO/c1-14-6-10(12,13)7-3-4-9(15-2)8(11)5-7/h3-5,14H,6H2,1-2H3. The summed E-state index contributed by atoms with van der Waals surface area (Å²) < 4.78 is 32.4. The Bertz CT molecular complexity index is 344. The molecule has 0 spiro atoms. The van der Waals surface area contributed by atoms with Gasteiger partial charge in [-0.2, -0.15) is 8.78 Å². The molecule has 1 N–H and O–H groups in total. The summed E-state index contributed by atoms with van der Waals surface area (Å²) in [5, 5.41) is 2.46. The molecule has 2 nitrogen and oxygen atoms in total. The number of nitrogens with one attached hydrogen (secondary N) is 1. The molecule has 0 aromatic heterocycles. The van der Waals surface area contributed by atoms with Gasteiger partial charge in [-0.1, -0.05) is 0 Å². The number of methoxy groups -OCH3 is 1. The van der Waals surface area contributed by atoms with Gasteiger partial charge in [0, 0.05) is 5.56 Å². The Kier molecular flexibility index (Phi) is 4.04. The first-order valence-corrected chi connectivity index (χ1v) is 5.17. The Morgan fingerprint density at radius 2 is 2.13 bits per heavy atom. The number of hydrogen-bond acceptors (Lipinski definition) is 2. The normalized spacial score (nSPS) is 11.5. The predicted octanol–water partition coefficient (Wildman–Crippen LogP) is 2.77. The summed E-state index contributed by atoms with van der Waals surface area (Å²) >= 11 is 3.17. The van der Waals surface area contributed by atoms with Gasteiger partial charge >= 0.3 is 0 Å². The first kappa shape index (κ1) is 12.4. The van der Waals surface area contributed by atoms with E-state index in [1.165, 1.54) is 32.4 Å². The largest absolute Gasteiger partial charge is 0.496 e. The van der Waals surface area contributed by atoms with Gasteiger partial charge in [0.25, 0.3) is 5.92 Å². The highest BCUT2D eigenvalue weighted by atomic mass is 79.9. The molecule has 1 aromatic carbocycles. The molecule has 0 aliphatic carbocycles. The van der Waals surface area contributed by atoms with Crippen LogP contribution in [-0.2, 0) is 5.92 Å². The molecule has 0 heterocycles. The Labute approximate surface area is 95.8 Å². The smallest absolute Gasteiger partial charge is 0.285 e. The molecular weight excluding hydrogens is 268 g/mol. The molecule has 1 aromatic rings. The topological polar surface area (TPSA) is 21.3 Å². The molecular formula is C10H12BrF2NO. The number of hydrogen-bond donors (Lipinski definition) is 1. The van der Waals surface area contributed by atoms with Crippen molar-refractivity contribution in [3.05, 3.63) is 28.2 Å². The summed E-state index contributed by atoms with van der Waals surface area (Å²) in [6.07, 6.45) is 0. The summed E-state index contributed by atoms with van der Waals surface area (Å²) in [4.78, 5) is 0. The Balaban J connectivity index is 3.01. The Morgan fingerprint density at radius 3 is 2.60 bits per heavy atom. The summed E-state index contributed by atoms with van der Waals surface area (Å²) in [5.41, 5.74) is -0.0375. The van der Waals surface area contributed by atoms with Gasteiger partial charge in [-0.15, -0.1) is 0 Å². The number of rotatable bonds is 4. The zero-order valence-electron chi connectivity index (χ0n) is 8.48. The van der Waals surface area contributed by atoms with Crippen molar-refractivity contribution in [2.75, 3.05) is 20.7 Å². The zero-order chi connectivity index (χ0) is 11.5. The van der Waals surface area contributed by atoms with Gasteiger partial charge < -0.3 is 10.1 Å². The first-order valence-electron chi connectivity index (χ1n) is 4.37. The number of halogens is 3. The van der Waals surface area contributed by atoms with Crippen molar-refractivity contribution in [1.82, 2.24) is 5.32 Å². The van der Waals surface area contributed by atoms with E-state index in [-0.39, 0.29) is 12.1 Å². The maximum atomic E-state index is 13.4. The molecule has 84 valence electrons. The minimum Gasteiger partial charge on any atom is -0.496 e. The average Bonchev–Trinajstić information content (AvgIpc) is 2.17. The molecule has 0 saturated heterocycles. The molecule has 15 heavy (non-hydrogen) atoms. The lowest BCUT2D eigenvalue weighted by molar-refractivity contribution is -0.00134. The highest BCUT2D eigenvalue weighted by molar-refractivity contribution is 9.10. The molecule has 5 heteroatoms. The molecule has 1 rings (SSSR count). The number of alkyl halides is 2. The second-order valence-electron chi connectivity index (χ2n) is 3.08. The quantitative estimate of drug-likeness (QED) is 0.915. The highest BCUT2D eigenvalue weighted by Gasteiger charge is 2.30.